The number of rotatable bonds is 9. The first kappa shape index (κ1) is 22.9. The van der Waals surface area contributed by atoms with Gasteiger partial charge in [0.25, 0.3) is 0 Å². The summed E-state index contributed by atoms with van der Waals surface area (Å²) in [4.78, 5) is 30.6. The molecule has 0 bridgehead atoms. The van der Waals surface area contributed by atoms with Gasteiger partial charge in [0.15, 0.2) is 5.13 Å². The van der Waals surface area contributed by atoms with Gasteiger partial charge in [-0.15, -0.1) is 11.3 Å². The zero-order chi connectivity index (χ0) is 23.7. The minimum atomic E-state index is -1.12. The van der Waals surface area contributed by atoms with E-state index < -0.39 is 16.4 Å². The number of carbonyl (C=O) groups is 1. The normalized spacial score (nSPS) is 17.0. The van der Waals surface area contributed by atoms with Crippen LogP contribution in [0.25, 0.3) is 11.3 Å². The Hall–Kier alpha value is -2.92. The summed E-state index contributed by atoms with van der Waals surface area (Å²) in [5.74, 6) is 0.711. The summed E-state index contributed by atoms with van der Waals surface area (Å²) in [6.45, 7) is 3.60. The number of ether oxygens (including phenoxy) is 1. The van der Waals surface area contributed by atoms with Crippen molar-refractivity contribution in [3.63, 3.8) is 0 Å². The van der Waals surface area contributed by atoms with Gasteiger partial charge in [0.1, 0.15) is 22.9 Å². The molecule has 3 aromatic heterocycles. The molecule has 5 rings (SSSR count). The summed E-state index contributed by atoms with van der Waals surface area (Å²) >= 11 is 1.35. The van der Waals surface area contributed by atoms with Crippen LogP contribution in [-0.2, 0) is 21.2 Å². The Morgan fingerprint density at radius 1 is 1.15 bits per heavy atom. The minimum Gasteiger partial charge on any atom is -0.473 e. The summed E-state index contributed by atoms with van der Waals surface area (Å²) in [6, 6.07) is 3.57. The maximum atomic E-state index is 13.0. The van der Waals surface area contributed by atoms with Gasteiger partial charge < -0.3 is 10.1 Å². The van der Waals surface area contributed by atoms with E-state index in [2.05, 4.69) is 30.0 Å². The van der Waals surface area contributed by atoms with E-state index >= 15 is 0 Å². The molecular formula is C23H26N6O3S2. The van der Waals surface area contributed by atoms with Gasteiger partial charge >= 0.3 is 0 Å². The molecule has 11 heteroatoms. The molecule has 34 heavy (non-hydrogen) atoms. The van der Waals surface area contributed by atoms with Crippen molar-refractivity contribution < 1.29 is 13.7 Å². The van der Waals surface area contributed by atoms with Crippen molar-refractivity contribution in [3.05, 3.63) is 41.8 Å². The second-order valence-electron chi connectivity index (χ2n) is 9.06. The summed E-state index contributed by atoms with van der Waals surface area (Å²) in [5, 5.41) is 5.46. The minimum absolute atomic E-state index is 0.210. The number of pyridine rings is 1. The Bertz CT molecular complexity index is 1210. The molecule has 0 spiro atoms. The first-order valence-corrected chi connectivity index (χ1v) is 13.4. The summed E-state index contributed by atoms with van der Waals surface area (Å²) in [5.41, 5.74) is 1.16. The number of amides is 1. The van der Waals surface area contributed by atoms with Crippen LogP contribution in [0.3, 0.4) is 0 Å². The lowest BCUT2D eigenvalue weighted by atomic mass is 9.89. The molecular weight excluding hydrogens is 472 g/mol. The predicted molar refractivity (Wildman–Crippen MR) is 132 cm³/mol. The van der Waals surface area contributed by atoms with Crippen molar-refractivity contribution in [3.8, 4) is 17.1 Å². The zero-order valence-electron chi connectivity index (χ0n) is 19.0. The molecule has 178 valence electrons. The fourth-order valence-corrected chi connectivity index (χ4v) is 5.38. The lowest BCUT2D eigenvalue weighted by Crippen LogP contribution is -2.35. The van der Waals surface area contributed by atoms with Gasteiger partial charge in [0, 0.05) is 17.1 Å². The second kappa shape index (κ2) is 9.38. The number of thiazole rings is 1. The first-order chi connectivity index (χ1) is 16.4. The standard InChI is InChI=1S/C23H26N6O3S2/c1-23(2,18-13-33-22(27-18)29-34(31)16-7-8-16)21(30)28-19-9-6-14(10-25-19)17-11-24-12-20(26-17)32-15-4-3-5-15/h6,9-13,15-16H,3-5,7-8H2,1-2H3,(H,27,29)(H,25,28,30). The maximum absolute atomic E-state index is 13.0. The van der Waals surface area contributed by atoms with E-state index in [4.69, 9.17) is 4.74 Å². The molecule has 1 unspecified atom stereocenters. The number of nitrogens with one attached hydrogen (secondary N) is 2. The molecule has 0 saturated heterocycles. The van der Waals surface area contributed by atoms with Crippen LogP contribution in [0.2, 0.25) is 0 Å². The number of aromatic nitrogens is 4. The monoisotopic (exact) mass is 498 g/mol. The van der Waals surface area contributed by atoms with Crippen molar-refractivity contribution in [2.45, 2.75) is 62.7 Å². The lowest BCUT2D eigenvalue weighted by Gasteiger charge is -2.25. The van der Waals surface area contributed by atoms with E-state index in [1.165, 1.54) is 17.8 Å². The molecule has 3 aromatic rings. The molecule has 0 radical (unpaired) electrons. The van der Waals surface area contributed by atoms with Crippen LogP contribution in [0.4, 0.5) is 10.9 Å². The smallest absolute Gasteiger partial charge is 0.237 e. The first-order valence-electron chi connectivity index (χ1n) is 11.3. The highest BCUT2D eigenvalue weighted by Gasteiger charge is 2.34. The average Bonchev–Trinajstić information content (AvgIpc) is 3.56. The number of hydrogen-bond donors (Lipinski definition) is 2. The van der Waals surface area contributed by atoms with Crippen molar-refractivity contribution in [2.75, 3.05) is 10.0 Å². The van der Waals surface area contributed by atoms with Crippen molar-refractivity contribution in [1.29, 1.82) is 0 Å². The summed E-state index contributed by atoms with van der Waals surface area (Å²) in [7, 11) is -1.12. The van der Waals surface area contributed by atoms with Crippen LogP contribution in [-0.4, -0.2) is 41.4 Å². The molecule has 3 heterocycles. The topological polar surface area (TPSA) is 119 Å². The second-order valence-corrected chi connectivity index (χ2v) is 11.4. The third-order valence-electron chi connectivity index (χ3n) is 5.98. The predicted octanol–water partition coefficient (Wildman–Crippen LogP) is 4.08. The van der Waals surface area contributed by atoms with Crippen LogP contribution in [0.1, 0.15) is 51.6 Å². The van der Waals surface area contributed by atoms with Crippen molar-refractivity contribution in [1.82, 2.24) is 19.9 Å². The lowest BCUT2D eigenvalue weighted by molar-refractivity contribution is -0.120. The van der Waals surface area contributed by atoms with Crippen LogP contribution >= 0.6 is 11.3 Å². The maximum Gasteiger partial charge on any atom is 0.237 e. The van der Waals surface area contributed by atoms with Crippen LogP contribution < -0.4 is 14.8 Å². The van der Waals surface area contributed by atoms with E-state index in [-0.39, 0.29) is 17.3 Å². The molecule has 2 fully saturated rings. The molecule has 9 nitrogen and oxygen atoms in total. The van der Waals surface area contributed by atoms with E-state index in [0.717, 1.165) is 31.2 Å². The van der Waals surface area contributed by atoms with E-state index in [0.29, 0.717) is 28.2 Å². The Morgan fingerprint density at radius 3 is 2.65 bits per heavy atom. The van der Waals surface area contributed by atoms with E-state index in [1.807, 2.05) is 11.4 Å². The average molecular weight is 499 g/mol. The number of nitrogens with zero attached hydrogens (tertiary/aromatic N) is 4. The van der Waals surface area contributed by atoms with Crippen molar-refractivity contribution >= 4 is 39.2 Å². The highest BCUT2D eigenvalue weighted by molar-refractivity contribution is 7.87. The molecule has 0 aliphatic heterocycles. The van der Waals surface area contributed by atoms with Gasteiger partial charge in [-0.05, 0) is 58.1 Å². The highest BCUT2D eigenvalue weighted by Crippen LogP contribution is 2.31. The van der Waals surface area contributed by atoms with Crippen LogP contribution in [0.15, 0.2) is 36.1 Å². The molecule has 1 amide bonds. The van der Waals surface area contributed by atoms with E-state index in [9.17, 15) is 9.00 Å². The molecule has 2 saturated carbocycles. The van der Waals surface area contributed by atoms with E-state index in [1.54, 1.807) is 38.5 Å². The van der Waals surface area contributed by atoms with Gasteiger partial charge in [0.2, 0.25) is 11.8 Å². The fourth-order valence-electron chi connectivity index (χ4n) is 3.27. The summed E-state index contributed by atoms with van der Waals surface area (Å²) in [6.07, 6.45) is 10.4. The Morgan fingerprint density at radius 2 is 1.97 bits per heavy atom. The van der Waals surface area contributed by atoms with Crippen LogP contribution in [0, 0.1) is 0 Å². The number of carbonyl (C=O) groups excluding carboxylic acids is 1. The Balaban J connectivity index is 1.23. The highest BCUT2D eigenvalue weighted by atomic mass is 32.2. The quantitative estimate of drug-likeness (QED) is 0.456. The van der Waals surface area contributed by atoms with Gasteiger partial charge in [0.05, 0.1) is 34.4 Å². The molecule has 2 N–H and O–H groups in total. The summed E-state index contributed by atoms with van der Waals surface area (Å²) < 4.78 is 20.9. The zero-order valence-corrected chi connectivity index (χ0v) is 20.6. The van der Waals surface area contributed by atoms with Gasteiger partial charge in [-0.1, -0.05) is 0 Å². The third-order valence-corrected chi connectivity index (χ3v) is 8.34. The van der Waals surface area contributed by atoms with Gasteiger partial charge in [-0.3, -0.25) is 14.5 Å². The molecule has 1 atom stereocenters. The molecule has 2 aliphatic carbocycles. The number of anilines is 2. The van der Waals surface area contributed by atoms with Crippen molar-refractivity contribution in [2.24, 2.45) is 0 Å². The SMILES string of the molecule is CC(C)(C(=O)Nc1ccc(-c2cncc(OC3CCC3)n2)cn1)c1csc(NS(=O)C2CC2)n1. The van der Waals surface area contributed by atoms with Crippen LogP contribution in [0.5, 0.6) is 5.88 Å². The largest absolute Gasteiger partial charge is 0.473 e. The third kappa shape index (κ3) is 5.10. The molecule has 0 aromatic carbocycles. The Labute approximate surface area is 204 Å². The number of hydrogen-bond acceptors (Lipinski definition) is 8. The Kier molecular flexibility index (Phi) is 6.30. The molecule has 2 aliphatic rings. The van der Waals surface area contributed by atoms with Gasteiger partial charge in [-0.2, -0.15) is 0 Å². The van der Waals surface area contributed by atoms with Gasteiger partial charge in [-0.25, -0.2) is 19.2 Å². The fraction of sp³-hybridized carbons (Fsp3) is 0.435.